The Bertz CT molecular complexity index is 965. The van der Waals surface area contributed by atoms with E-state index in [9.17, 15) is 9.18 Å². The first-order valence-corrected chi connectivity index (χ1v) is 10.8. The molecule has 0 aliphatic rings. The molecule has 29 heavy (non-hydrogen) atoms. The molecular weight excluding hydrogens is 389 g/mol. The van der Waals surface area contributed by atoms with Crippen molar-refractivity contribution >= 4 is 28.7 Å². The van der Waals surface area contributed by atoms with Crippen LogP contribution in [0.25, 0.3) is 16.7 Å². The second-order valence-electron chi connectivity index (χ2n) is 7.05. The predicted octanol–water partition coefficient (Wildman–Crippen LogP) is 4.47. The highest BCUT2D eigenvalue weighted by molar-refractivity contribution is 8.00. The first-order chi connectivity index (χ1) is 14.0. The van der Waals surface area contributed by atoms with Gasteiger partial charge in [0.15, 0.2) is 5.65 Å². The molecule has 0 spiro atoms. The number of aromatic nitrogens is 4. The van der Waals surface area contributed by atoms with E-state index < -0.39 is 0 Å². The van der Waals surface area contributed by atoms with Crippen LogP contribution in [0.2, 0.25) is 0 Å². The van der Waals surface area contributed by atoms with Crippen LogP contribution >= 0.6 is 11.8 Å². The summed E-state index contributed by atoms with van der Waals surface area (Å²) in [7, 11) is 0. The van der Waals surface area contributed by atoms with Crippen LogP contribution in [0.3, 0.4) is 0 Å². The predicted molar refractivity (Wildman–Crippen MR) is 114 cm³/mol. The Morgan fingerprint density at radius 1 is 1.14 bits per heavy atom. The fraction of sp³-hybridized carbons (Fsp3) is 0.429. The highest BCUT2D eigenvalue weighted by atomic mass is 32.2. The molecule has 1 aromatic carbocycles. The number of carbonyl (C=O) groups excluding carboxylic acids is 1. The number of fused-ring (bicyclic) bond motifs is 1. The lowest BCUT2D eigenvalue weighted by molar-refractivity contribution is -0.132. The number of nitrogens with zero attached hydrogens (tertiary/aromatic N) is 5. The van der Waals surface area contributed by atoms with E-state index in [0.29, 0.717) is 22.1 Å². The minimum atomic E-state index is -0.304. The van der Waals surface area contributed by atoms with E-state index in [-0.39, 0.29) is 23.8 Å². The average Bonchev–Trinajstić information content (AvgIpc) is 3.17. The summed E-state index contributed by atoms with van der Waals surface area (Å²) in [4.78, 5) is 23.6. The molecule has 3 aromatic rings. The summed E-state index contributed by atoms with van der Waals surface area (Å²) in [6.45, 7) is 8.37. The van der Waals surface area contributed by atoms with Crippen LogP contribution in [0.15, 0.2) is 41.8 Å². The Morgan fingerprint density at radius 2 is 1.79 bits per heavy atom. The molecule has 0 unspecified atom stereocenters. The van der Waals surface area contributed by atoms with Gasteiger partial charge in [0.25, 0.3) is 0 Å². The molecule has 154 valence electrons. The van der Waals surface area contributed by atoms with Gasteiger partial charge in [0.05, 0.1) is 23.0 Å². The smallest absolute Gasteiger partial charge is 0.233 e. The highest BCUT2D eigenvalue weighted by Gasteiger charge is 2.24. The number of hydrogen-bond acceptors (Lipinski definition) is 5. The van der Waals surface area contributed by atoms with E-state index >= 15 is 0 Å². The van der Waals surface area contributed by atoms with Crippen LogP contribution in [0.1, 0.15) is 40.5 Å². The van der Waals surface area contributed by atoms with E-state index in [1.807, 2.05) is 4.90 Å². The van der Waals surface area contributed by atoms with Crippen LogP contribution in [0.5, 0.6) is 0 Å². The van der Waals surface area contributed by atoms with Crippen molar-refractivity contribution in [1.82, 2.24) is 24.6 Å². The molecule has 0 radical (unpaired) electrons. The zero-order valence-corrected chi connectivity index (χ0v) is 18.0. The van der Waals surface area contributed by atoms with Crippen molar-refractivity contribution in [3.8, 4) is 5.69 Å². The summed E-state index contributed by atoms with van der Waals surface area (Å²) >= 11 is 1.40. The Labute approximate surface area is 174 Å². The van der Waals surface area contributed by atoms with E-state index in [1.54, 1.807) is 23.0 Å². The van der Waals surface area contributed by atoms with Gasteiger partial charge in [-0.05, 0) is 51.0 Å². The maximum absolute atomic E-state index is 13.2. The monoisotopic (exact) mass is 415 g/mol. The molecule has 8 heteroatoms. The molecule has 0 aliphatic carbocycles. The maximum Gasteiger partial charge on any atom is 0.233 e. The maximum atomic E-state index is 13.2. The van der Waals surface area contributed by atoms with Gasteiger partial charge < -0.3 is 4.90 Å². The average molecular weight is 416 g/mol. The Morgan fingerprint density at radius 3 is 2.41 bits per heavy atom. The second kappa shape index (κ2) is 9.35. The summed E-state index contributed by atoms with van der Waals surface area (Å²) in [5.74, 6) is 0.112. The molecule has 0 saturated carbocycles. The van der Waals surface area contributed by atoms with Crippen molar-refractivity contribution in [3.63, 3.8) is 0 Å². The van der Waals surface area contributed by atoms with Crippen molar-refractivity contribution in [2.24, 2.45) is 0 Å². The first-order valence-electron chi connectivity index (χ1n) is 9.84. The van der Waals surface area contributed by atoms with Gasteiger partial charge in [-0.1, -0.05) is 25.6 Å². The zero-order valence-electron chi connectivity index (χ0n) is 17.2. The molecule has 0 fully saturated rings. The number of halogens is 1. The number of hydrogen-bond donors (Lipinski definition) is 0. The number of rotatable bonds is 8. The SMILES string of the molecule is CC[C@@H](C)N(C(=O)CSc1ncnc2c1cnn2-c1ccc(F)cc1)[C@@H](C)CC. The van der Waals surface area contributed by atoms with Crippen molar-refractivity contribution in [1.29, 1.82) is 0 Å². The van der Waals surface area contributed by atoms with Gasteiger partial charge >= 0.3 is 0 Å². The number of thioether (sulfide) groups is 1. The first kappa shape index (κ1) is 21.2. The fourth-order valence-electron chi connectivity index (χ4n) is 3.23. The molecular formula is C21H26FN5OS. The normalized spacial score (nSPS) is 13.4. The third kappa shape index (κ3) is 4.58. The lowest BCUT2D eigenvalue weighted by atomic mass is 10.1. The molecule has 2 atom stereocenters. The van der Waals surface area contributed by atoms with E-state index in [2.05, 4.69) is 42.8 Å². The van der Waals surface area contributed by atoms with Crippen LogP contribution in [-0.4, -0.2) is 48.4 Å². The molecule has 3 rings (SSSR count). The summed E-state index contributed by atoms with van der Waals surface area (Å²) in [5, 5.41) is 5.87. The fourth-order valence-corrected chi connectivity index (χ4v) is 4.06. The van der Waals surface area contributed by atoms with E-state index in [1.165, 1.54) is 30.2 Å². The van der Waals surface area contributed by atoms with Crippen molar-refractivity contribution < 1.29 is 9.18 Å². The van der Waals surface area contributed by atoms with Crippen LogP contribution in [0, 0.1) is 5.82 Å². The zero-order chi connectivity index (χ0) is 21.0. The van der Waals surface area contributed by atoms with Gasteiger partial charge in [-0.15, -0.1) is 0 Å². The molecule has 0 aliphatic heterocycles. The van der Waals surface area contributed by atoms with Gasteiger partial charge in [0.2, 0.25) is 5.91 Å². The minimum Gasteiger partial charge on any atom is -0.337 e. The number of amides is 1. The summed E-state index contributed by atoms with van der Waals surface area (Å²) < 4.78 is 14.9. The Hall–Kier alpha value is -2.48. The van der Waals surface area contributed by atoms with E-state index in [4.69, 9.17) is 0 Å². The van der Waals surface area contributed by atoms with Gasteiger partial charge in [-0.2, -0.15) is 5.10 Å². The van der Waals surface area contributed by atoms with Crippen molar-refractivity contribution in [3.05, 3.63) is 42.6 Å². The van der Waals surface area contributed by atoms with Crippen LogP contribution in [-0.2, 0) is 4.79 Å². The largest absolute Gasteiger partial charge is 0.337 e. The van der Waals surface area contributed by atoms with Crippen LogP contribution < -0.4 is 0 Å². The quantitative estimate of drug-likeness (QED) is 0.401. The topological polar surface area (TPSA) is 63.9 Å². The highest BCUT2D eigenvalue weighted by Crippen LogP contribution is 2.27. The third-order valence-electron chi connectivity index (χ3n) is 5.15. The Kier molecular flexibility index (Phi) is 6.84. The number of carbonyl (C=O) groups is 1. The van der Waals surface area contributed by atoms with Gasteiger partial charge in [-0.25, -0.2) is 19.0 Å². The summed E-state index contributed by atoms with van der Waals surface area (Å²) in [6.07, 6.45) is 5.00. The molecule has 2 aromatic heterocycles. The van der Waals surface area contributed by atoms with Gasteiger partial charge in [0, 0.05) is 12.1 Å². The van der Waals surface area contributed by atoms with Crippen molar-refractivity contribution in [2.75, 3.05) is 5.75 Å². The molecule has 2 heterocycles. The lowest BCUT2D eigenvalue weighted by Crippen LogP contribution is -2.45. The molecule has 0 N–H and O–H groups in total. The second-order valence-corrected chi connectivity index (χ2v) is 8.02. The van der Waals surface area contributed by atoms with E-state index in [0.717, 1.165) is 18.2 Å². The minimum absolute atomic E-state index is 0.108. The van der Waals surface area contributed by atoms with Crippen molar-refractivity contribution in [2.45, 2.75) is 57.6 Å². The van der Waals surface area contributed by atoms with Gasteiger partial charge in [-0.3, -0.25) is 4.79 Å². The standard InChI is InChI=1S/C21H26FN5OS/c1-5-14(3)26(15(4)6-2)19(28)12-29-21-18-11-25-27(20(18)23-13-24-21)17-9-7-16(22)8-10-17/h7-11,13-15H,5-6,12H2,1-4H3/t14-,15+. The molecule has 0 bridgehead atoms. The van der Waals surface area contributed by atoms with Crippen LogP contribution in [0.4, 0.5) is 4.39 Å². The summed E-state index contributed by atoms with van der Waals surface area (Å²) in [5.41, 5.74) is 1.34. The molecule has 6 nitrogen and oxygen atoms in total. The summed E-state index contributed by atoms with van der Waals surface area (Å²) in [6, 6.07) is 6.47. The Balaban J connectivity index is 1.82. The lowest BCUT2D eigenvalue weighted by Gasteiger charge is -2.34. The third-order valence-corrected chi connectivity index (χ3v) is 6.14. The molecule has 0 saturated heterocycles. The molecule has 1 amide bonds. The number of benzene rings is 1. The van der Waals surface area contributed by atoms with Gasteiger partial charge in [0.1, 0.15) is 17.2 Å².